The predicted molar refractivity (Wildman–Crippen MR) is 102 cm³/mol. The first kappa shape index (κ1) is 17.3. The van der Waals surface area contributed by atoms with Crippen LogP contribution in [-0.4, -0.2) is 52.9 Å². The molecule has 6 heteroatoms. The van der Waals surface area contributed by atoms with Gasteiger partial charge in [0, 0.05) is 44.2 Å². The molecule has 1 fully saturated rings. The van der Waals surface area contributed by atoms with Crippen LogP contribution in [0.3, 0.4) is 0 Å². The van der Waals surface area contributed by atoms with E-state index in [2.05, 4.69) is 5.16 Å². The normalized spacial score (nSPS) is 15.0. The van der Waals surface area contributed by atoms with Crippen molar-refractivity contribution in [2.45, 2.75) is 13.3 Å². The van der Waals surface area contributed by atoms with Crippen LogP contribution in [0.1, 0.15) is 23.7 Å². The topological polar surface area (TPSA) is 66.7 Å². The van der Waals surface area contributed by atoms with Gasteiger partial charge in [-0.3, -0.25) is 9.59 Å². The maximum Gasteiger partial charge on any atom is 0.253 e. The van der Waals surface area contributed by atoms with Crippen LogP contribution in [0.15, 0.2) is 53.1 Å². The molecule has 1 aromatic heterocycles. The van der Waals surface area contributed by atoms with Crippen molar-refractivity contribution in [3.8, 4) is 11.3 Å². The lowest BCUT2D eigenvalue weighted by Crippen LogP contribution is -2.36. The molecule has 1 saturated heterocycles. The van der Waals surface area contributed by atoms with Crippen molar-refractivity contribution in [3.05, 3.63) is 54.1 Å². The molecular weight excluding hydrogens is 342 g/mol. The summed E-state index contributed by atoms with van der Waals surface area (Å²) >= 11 is 0. The molecule has 2 heterocycles. The fourth-order valence-electron chi connectivity index (χ4n) is 3.49. The zero-order valence-corrected chi connectivity index (χ0v) is 15.2. The smallest absolute Gasteiger partial charge is 0.253 e. The van der Waals surface area contributed by atoms with Gasteiger partial charge in [-0.25, -0.2) is 0 Å². The Balaban J connectivity index is 1.62. The molecule has 0 aliphatic carbocycles. The summed E-state index contributed by atoms with van der Waals surface area (Å²) < 4.78 is 5.52. The number of carbonyl (C=O) groups is 2. The molecule has 0 unspecified atom stereocenters. The number of rotatable bonds is 2. The van der Waals surface area contributed by atoms with Crippen LogP contribution in [0.25, 0.3) is 22.2 Å². The van der Waals surface area contributed by atoms with Crippen LogP contribution in [-0.2, 0) is 4.79 Å². The van der Waals surface area contributed by atoms with E-state index in [0.29, 0.717) is 37.5 Å². The van der Waals surface area contributed by atoms with Gasteiger partial charge in [0.05, 0.1) is 5.39 Å². The molecule has 2 amide bonds. The lowest BCUT2D eigenvalue weighted by Gasteiger charge is -2.21. The number of fused-ring (bicyclic) bond motifs is 1. The lowest BCUT2D eigenvalue weighted by atomic mass is 10.1. The van der Waals surface area contributed by atoms with Gasteiger partial charge in [0.2, 0.25) is 5.91 Å². The summed E-state index contributed by atoms with van der Waals surface area (Å²) in [6.07, 6.45) is 0.788. The average Bonchev–Trinajstić information content (AvgIpc) is 2.95. The van der Waals surface area contributed by atoms with Gasteiger partial charge in [0.25, 0.3) is 5.91 Å². The van der Waals surface area contributed by atoms with Gasteiger partial charge in [-0.05, 0) is 24.6 Å². The van der Waals surface area contributed by atoms with E-state index in [4.69, 9.17) is 4.52 Å². The Morgan fingerprint density at radius 2 is 1.70 bits per heavy atom. The monoisotopic (exact) mass is 363 g/mol. The van der Waals surface area contributed by atoms with Crippen molar-refractivity contribution in [2.75, 3.05) is 26.2 Å². The van der Waals surface area contributed by atoms with E-state index >= 15 is 0 Å². The highest BCUT2D eigenvalue weighted by Crippen LogP contribution is 2.29. The van der Waals surface area contributed by atoms with Crippen molar-refractivity contribution in [1.82, 2.24) is 15.0 Å². The van der Waals surface area contributed by atoms with E-state index in [0.717, 1.165) is 22.9 Å². The van der Waals surface area contributed by atoms with Crippen molar-refractivity contribution in [2.24, 2.45) is 0 Å². The number of nitrogens with zero attached hydrogens (tertiary/aromatic N) is 3. The molecule has 1 aliphatic heterocycles. The second-order valence-corrected chi connectivity index (χ2v) is 6.76. The second kappa shape index (κ2) is 7.23. The summed E-state index contributed by atoms with van der Waals surface area (Å²) in [5.41, 5.74) is 2.26. The largest absolute Gasteiger partial charge is 0.355 e. The van der Waals surface area contributed by atoms with Crippen molar-refractivity contribution in [3.63, 3.8) is 0 Å². The number of amides is 2. The van der Waals surface area contributed by atoms with Crippen LogP contribution < -0.4 is 0 Å². The molecule has 0 spiro atoms. The van der Waals surface area contributed by atoms with Gasteiger partial charge >= 0.3 is 0 Å². The summed E-state index contributed by atoms with van der Waals surface area (Å²) in [7, 11) is 0. The summed E-state index contributed by atoms with van der Waals surface area (Å²) in [4.78, 5) is 28.2. The van der Waals surface area contributed by atoms with Crippen LogP contribution >= 0.6 is 0 Å². The number of hydrogen-bond donors (Lipinski definition) is 0. The third kappa shape index (κ3) is 3.43. The summed E-state index contributed by atoms with van der Waals surface area (Å²) in [5, 5.41) is 4.93. The minimum absolute atomic E-state index is 0.0255. The molecule has 138 valence electrons. The third-order valence-electron chi connectivity index (χ3n) is 4.99. The molecule has 4 rings (SSSR count). The van der Waals surface area contributed by atoms with Gasteiger partial charge in [-0.15, -0.1) is 0 Å². The highest BCUT2D eigenvalue weighted by atomic mass is 16.5. The Bertz CT molecular complexity index is 981. The Kier molecular flexibility index (Phi) is 4.62. The first-order valence-corrected chi connectivity index (χ1v) is 9.13. The molecule has 27 heavy (non-hydrogen) atoms. The number of carbonyl (C=O) groups excluding carboxylic acids is 2. The standard InChI is InChI=1S/C21H21N3O3/c1-15(25)23-10-5-11-24(13-12-23)21(26)17-8-9-19-18(14-17)20(27-22-19)16-6-3-2-4-7-16/h2-4,6-9,14H,5,10-13H2,1H3. The SMILES string of the molecule is CC(=O)N1CCCN(C(=O)c2ccc3noc(-c4ccccc4)c3c2)CC1. The molecule has 0 radical (unpaired) electrons. The number of aromatic nitrogens is 1. The quantitative estimate of drug-likeness (QED) is 0.701. The lowest BCUT2D eigenvalue weighted by molar-refractivity contribution is -0.128. The first-order chi connectivity index (χ1) is 13.1. The Morgan fingerprint density at radius 3 is 2.48 bits per heavy atom. The van der Waals surface area contributed by atoms with Crippen LogP contribution in [0, 0.1) is 0 Å². The molecule has 0 bridgehead atoms. The van der Waals surface area contributed by atoms with E-state index < -0.39 is 0 Å². The maximum absolute atomic E-state index is 13.0. The van der Waals surface area contributed by atoms with Crippen LogP contribution in [0.4, 0.5) is 0 Å². The summed E-state index contributed by atoms with van der Waals surface area (Å²) in [6, 6.07) is 15.2. The van der Waals surface area contributed by atoms with Gasteiger partial charge in [0.1, 0.15) is 5.52 Å². The Labute approximate surface area is 157 Å². The molecule has 0 N–H and O–H groups in total. The number of hydrogen-bond acceptors (Lipinski definition) is 4. The summed E-state index contributed by atoms with van der Waals surface area (Å²) in [6.45, 7) is 4.04. The maximum atomic E-state index is 13.0. The first-order valence-electron chi connectivity index (χ1n) is 9.13. The minimum Gasteiger partial charge on any atom is -0.355 e. The molecule has 0 atom stereocenters. The predicted octanol–water partition coefficient (Wildman–Crippen LogP) is 3.19. The Morgan fingerprint density at radius 1 is 0.963 bits per heavy atom. The average molecular weight is 363 g/mol. The molecule has 6 nitrogen and oxygen atoms in total. The van der Waals surface area contributed by atoms with Gasteiger partial charge in [-0.1, -0.05) is 35.5 Å². The van der Waals surface area contributed by atoms with Crippen molar-refractivity contribution in [1.29, 1.82) is 0 Å². The van der Waals surface area contributed by atoms with E-state index in [9.17, 15) is 9.59 Å². The molecule has 2 aromatic carbocycles. The molecular formula is C21H21N3O3. The molecule has 3 aromatic rings. The van der Waals surface area contributed by atoms with Gasteiger partial charge < -0.3 is 14.3 Å². The highest BCUT2D eigenvalue weighted by Gasteiger charge is 2.22. The van der Waals surface area contributed by atoms with Crippen molar-refractivity contribution < 1.29 is 14.1 Å². The second-order valence-electron chi connectivity index (χ2n) is 6.76. The minimum atomic E-state index is -0.0255. The summed E-state index contributed by atoms with van der Waals surface area (Å²) in [5.74, 6) is 0.698. The highest BCUT2D eigenvalue weighted by molar-refractivity contribution is 6.01. The zero-order chi connectivity index (χ0) is 18.8. The van der Waals surface area contributed by atoms with Crippen LogP contribution in [0.5, 0.6) is 0 Å². The zero-order valence-electron chi connectivity index (χ0n) is 15.2. The van der Waals surface area contributed by atoms with Gasteiger partial charge in [-0.2, -0.15) is 0 Å². The Hall–Kier alpha value is -3.15. The van der Waals surface area contributed by atoms with Crippen molar-refractivity contribution >= 4 is 22.7 Å². The van der Waals surface area contributed by atoms with E-state index in [1.807, 2.05) is 47.4 Å². The third-order valence-corrected chi connectivity index (χ3v) is 4.99. The van der Waals surface area contributed by atoms with E-state index in [1.165, 1.54) is 0 Å². The fourth-order valence-corrected chi connectivity index (χ4v) is 3.49. The fraction of sp³-hybridized carbons (Fsp3) is 0.286. The van der Waals surface area contributed by atoms with E-state index in [1.54, 1.807) is 17.9 Å². The van der Waals surface area contributed by atoms with E-state index in [-0.39, 0.29) is 11.8 Å². The molecule has 1 aliphatic rings. The van der Waals surface area contributed by atoms with Crippen LogP contribution in [0.2, 0.25) is 0 Å². The number of benzene rings is 2. The van der Waals surface area contributed by atoms with Gasteiger partial charge in [0.15, 0.2) is 5.76 Å². The molecule has 0 saturated carbocycles.